The lowest BCUT2D eigenvalue weighted by molar-refractivity contribution is -0.140. The highest BCUT2D eigenvalue weighted by atomic mass is 19.4. The summed E-state index contributed by atoms with van der Waals surface area (Å²) in [6.07, 6.45) is 0.202. The van der Waals surface area contributed by atoms with Crippen LogP contribution in [0.3, 0.4) is 0 Å². The molecule has 0 fully saturated rings. The van der Waals surface area contributed by atoms with Gasteiger partial charge in [-0.25, -0.2) is 4.98 Å². The molecule has 0 aliphatic carbocycles. The Morgan fingerprint density at radius 1 is 1.00 bits per heavy atom. The maximum Gasteiger partial charge on any atom is 0.417 e. The molecule has 0 aliphatic heterocycles. The molecular formula is C30H26F3N5O3. The smallest absolute Gasteiger partial charge is 0.417 e. The molecule has 210 valence electrons. The van der Waals surface area contributed by atoms with Crippen molar-refractivity contribution in [1.29, 1.82) is 0 Å². The normalized spacial score (nSPS) is 11.5. The molecule has 41 heavy (non-hydrogen) atoms. The Morgan fingerprint density at radius 2 is 1.78 bits per heavy atom. The first kappa shape index (κ1) is 27.6. The number of anilines is 1. The maximum absolute atomic E-state index is 13.8. The number of nitrogens with one attached hydrogen (secondary N) is 1. The van der Waals surface area contributed by atoms with Gasteiger partial charge in [0, 0.05) is 42.6 Å². The Balaban J connectivity index is 1.51. The zero-order chi connectivity index (χ0) is 29.1. The Morgan fingerprint density at radius 3 is 2.46 bits per heavy atom. The van der Waals surface area contributed by atoms with Crippen LogP contribution < -0.4 is 5.32 Å². The van der Waals surface area contributed by atoms with Crippen LogP contribution >= 0.6 is 0 Å². The molecule has 0 atom stereocenters. The van der Waals surface area contributed by atoms with E-state index in [0.717, 1.165) is 23.3 Å². The lowest BCUT2D eigenvalue weighted by atomic mass is 10.0. The van der Waals surface area contributed by atoms with Crippen molar-refractivity contribution in [3.8, 4) is 22.5 Å². The summed E-state index contributed by atoms with van der Waals surface area (Å²) < 4.78 is 49.2. The van der Waals surface area contributed by atoms with Crippen molar-refractivity contribution in [2.45, 2.75) is 25.4 Å². The lowest BCUT2D eigenvalue weighted by Gasteiger charge is -2.14. The number of hydrogen-bond acceptors (Lipinski definition) is 5. The molecule has 8 nitrogen and oxygen atoms in total. The van der Waals surface area contributed by atoms with Gasteiger partial charge in [0.1, 0.15) is 17.2 Å². The van der Waals surface area contributed by atoms with E-state index in [1.54, 1.807) is 17.6 Å². The van der Waals surface area contributed by atoms with Gasteiger partial charge in [0.15, 0.2) is 0 Å². The number of hydrogen-bond donors (Lipinski definition) is 1. The van der Waals surface area contributed by atoms with Gasteiger partial charge in [0.05, 0.1) is 18.4 Å². The summed E-state index contributed by atoms with van der Waals surface area (Å²) in [6.45, 7) is 0. The van der Waals surface area contributed by atoms with Crippen molar-refractivity contribution in [3.63, 3.8) is 0 Å². The minimum absolute atomic E-state index is 0.0343. The molecule has 0 aliphatic rings. The zero-order valence-corrected chi connectivity index (χ0v) is 22.3. The highest BCUT2D eigenvalue weighted by molar-refractivity contribution is 6.06. The van der Waals surface area contributed by atoms with Crippen molar-refractivity contribution in [1.82, 2.24) is 19.2 Å². The van der Waals surface area contributed by atoms with Crippen molar-refractivity contribution in [3.05, 3.63) is 95.8 Å². The van der Waals surface area contributed by atoms with Gasteiger partial charge in [0.2, 0.25) is 0 Å². The maximum atomic E-state index is 13.8. The van der Waals surface area contributed by atoms with E-state index >= 15 is 0 Å². The minimum Gasteiger partial charge on any atom is -0.469 e. The third-order valence-electron chi connectivity index (χ3n) is 6.62. The molecular weight excluding hydrogens is 535 g/mol. The summed E-state index contributed by atoms with van der Waals surface area (Å²) in [4.78, 5) is 29.7. The summed E-state index contributed by atoms with van der Waals surface area (Å²) in [5.41, 5.74) is 1.84. The number of benzene rings is 2. The molecule has 0 unspecified atom stereocenters. The predicted octanol–water partition coefficient (Wildman–Crippen LogP) is 6.17. The number of fused-ring (bicyclic) bond motifs is 1. The highest BCUT2D eigenvalue weighted by Gasteiger charge is 2.34. The van der Waals surface area contributed by atoms with Crippen molar-refractivity contribution >= 4 is 23.3 Å². The van der Waals surface area contributed by atoms with E-state index in [1.165, 1.54) is 30.1 Å². The van der Waals surface area contributed by atoms with Crippen LogP contribution in [0.2, 0.25) is 0 Å². The number of aryl methyl sites for hydroxylation is 2. The first-order valence-electron chi connectivity index (χ1n) is 12.8. The number of amides is 1. The standard InChI is InChI=1S/C30H26F3N5O3/c1-37-15-14-24(36-37)22-18-21(11-12-23(22)30(31,32)33)29(40)35-28-27(20-8-4-3-5-9-20)34-25-17-19(13-16-38(25)28)7-6-10-26(39)41-2/h3-5,8-9,11-18H,6-7,10H2,1-2H3,(H,35,40). The number of methoxy groups -OCH3 is 1. The second-order valence-electron chi connectivity index (χ2n) is 9.45. The van der Waals surface area contributed by atoms with E-state index in [9.17, 15) is 22.8 Å². The monoisotopic (exact) mass is 561 g/mol. The van der Waals surface area contributed by atoms with E-state index in [-0.39, 0.29) is 22.8 Å². The molecule has 5 aromatic rings. The van der Waals surface area contributed by atoms with Crippen LogP contribution in [0.25, 0.3) is 28.2 Å². The van der Waals surface area contributed by atoms with Crippen LogP contribution in [-0.2, 0) is 29.2 Å². The number of carbonyl (C=O) groups excluding carboxylic acids is 2. The van der Waals surface area contributed by atoms with Gasteiger partial charge in [-0.05, 0) is 54.8 Å². The number of alkyl halides is 3. The van der Waals surface area contributed by atoms with Crippen LogP contribution in [-0.4, -0.2) is 38.2 Å². The molecule has 0 spiro atoms. The quantitative estimate of drug-likeness (QED) is 0.229. The van der Waals surface area contributed by atoms with E-state index in [2.05, 4.69) is 10.4 Å². The predicted molar refractivity (Wildman–Crippen MR) is 147 cm³/mol. The van der Waals surface area contributed by atoms with Gasteiger partial charge in [-0.3, -0.25) is 18.7 Å². The van der Waals surface area contributed by atoms with Gasteiger partial charge in [-0.2, -0.15) is 18.3 Å². The third kappa shape index (κ3) is 5.98. The molecule has 1 amide bonds. The topological polar surface area (TPSA) is 90.5 Å². The SMILES string of the molecule is COC(=O)CCCc1ccn2c(NC(=O)c3ccc(C(F)(F)F)c(-c4ccn(C)n4)c3)c(-c3ccccc3)nc2c1. The fraction of sp³-hybridized carbons (Fsp3) is 0.200. The average Bonchev–Trinajstić information content (AvgIpc) is 3.55. The number of rotatable bonds is 8. The second kappa shape index (κ2) is 11.3. The largest absolute Gasteiger partial charge is 0.469 e. The second-order valence-corrected chi connectivity index (χ2v) is 9.45. The van der Waals surface area contributed by atoms with Crippen molar-refractivity contribution in [2.75, 3.05) is 12.4 Å². The van der Waals surface area contributed by atoms with Crippen LogP contribution in [0.15, 0.2) is 79.1 Å². The summed E-state index contributed by atoms with van der Waals surface area (Å²) in [7, 11) is 2.96. The summed E-state index contributed by atoms with van der Waals surface area (Å²) in [5.74, 6) is -0.508. The molecule has 1 N–H and O–H groups in total. The van der Waals surface area contributed by atoms with Crippen LogP contribution in [0.4, 0.5) is 19.0 Å². The molecule has 0 radical (unpaired) electrons. The summed E-state index contributed by atoms with van der Waals surface area (Å²) in [5, 5.41) is 6.98. The number of esters is 1. The molecule has 0 saturated carbocycles. The Bertz CT molecular complexity index is 1720. The van der Waals surface area contributed by atoms with Gasteiger partial charge in [-0.15, -0.1) is 0 Å². The van der Waals surface area contributed by atoms with Gasteiger partial charge in [-0.1, -0.05) is 30.3 Å². The Kier molecular flexibility index (Phi) is 7.60. The van der Waals surface area contributed by atoms with E-state index in [4.69, 9.17) is 9.72 Å². The van der Waals surface area contributed by atoms with Crippen LogP contribution in [0, 0.1) is 0 Å². The number of imidazole rings is 1. The third-order valence-corrected chi connectivity index (χ3v) is 6.62. The number of ether oxygens (including phenoxy) is 1. The molecule has 3 heterocycles. The van der Waals surface area contributed by atoms with Crippen LogP contribution in [0.5, 0.6) is 0 Å². The number of carbonyl (C=O) groups is 2. The van der Waals surface area contributed by atoms with Gasteiger partial charge < -0.3 is 10.1 Å². The van der Waals surface area contributed by atoms with E-state index < -0.39 is 17.6 Å². The number of pyridine rings is 1. The molecule has 3 aromatic heterocycles. The first-order chi connectivity index (χ1) is 19.6. The average molecular weight is 562 g/mol. The van der Waals surface area contributed by atoms with Crippen molar-refractivity contribution in [2.24, 2.45) is 7.05 Å². The number of aromatic nitrogens is 4. The fourth-order valence-electron chi connectivity index (χ4n) is 4.58. The van der Waals surface area contributed by atoms with E-state index in [0.29, 0.717) is 36.4 Å². The molecule has 0 saturated heterocycles. The molecule has 11 heteroatoms. The van der Waals surface area contributed by atoms with Crippen molar-refractivity contribution < 1.29 is 27.5 Å². The first-order valence-corrected chi connectivity index (χ1v) is 12.8. The fourth-order valence-corrected chi connectivity index (χ4v) is 4.58. The van der Waals surface area contributed by atoms with Gasteiger partial charge >= 0.3 is 12.1 Å². The molecule has 2 aromatic carbocycles. The summed E-state index contributed by atoms with van der Waals surface area (Å²) in [6, 6.07) is 17.7. The van der Waals surface area contributed by atoms with E-state index in [1.807, 2.05) is 42.5 Å². The number of nitrogens with zero attached hydrogens (tertiary/aromatic N) is 4. The molecule has 0 bridgehead atoms. The molecule has 5 rings (SSSR count). The van der Waals surface area contributed by atoms with Crippen LogP contribution in [0.1, 0.15) is 34.3 Å². The minimum atomic E-state index is -4.63. The Hall–Kier alpha value is -4.93. The summed E-state index contributed by atoms with van der Waals surface area (Å²) >= 11 is 0. The van der Waals surface area contributed by atoms with Gasteiger partial charge in [0.25, 0.3) is 5.91 Å². The number of halogens is 3. The highest BCUT2D eigenvalue weighted by Crippen LogP contribution is 2.37. The Labute approximate surface area is 233 Å². The zero-order valence-electron chi connectivity index (χ0n) is 22.3. The lowest BCUT2D eigenvalue weighted by Crippen LogP contribution is -2.16.